The fourth-order valence-electron chi connectivity index (χ4n) is 2.33. The SMILES string of the molecule is Cn1nc(C(=O)Nc2ccccc2C#N)cc1-c1ccccc1. The van der Waals surface area contributed by atoms with Crippen molar-refractivity contribution in [1.29, 1.82) is 5.26 Å². The smallest absolute Gasteiger partial charge is 0.276 e. The van der Waals surface area contributed by atoms with Gasteiger partial charge in [0.25, 0.3) is 5.91 Å². The van der Waals surface area contributed by atoms with Crippen molar-refractivity contribution >= 4 is 11.6 Å². The number of aromatic nitrogens is 2. The van der Waals surface area contributed by atoms with Crippen LogP contribution in [0, 0.1) is 11.3 Å². The number of hydrogen-bond donors (Lipinski definition) is 1. The summed E-state index contributed by atoms with van der Waals surface area (Å²) in [5, 5.41) is 16.1. The number of carbonyl (C=O) groups is 1. The minimum Gasteiger partial charge on any atom is -0.319 e. The minimum atomic E-state index is -0.342. The van der Waals surface area contributed by atoms with Crippen LogP contribution in [0.4, 0.5) is 5.69 Å². The molecule has 0 spiro atoms. The van der Waals surface area contributed by atoms with Gasteiger partial charge in [0.15, 0.2) is 5.69 Å². The number of carbonyl (C=O) groups excluding carboxylic acids is 1. The van der Waals surface area contributed by atoms with Crippen LogP contribution in [0.25, 0.3) is 11.3 Å². The van der Waals surface area contributed by atoms with Crippen LogP contribution in [-0.4, -0.2) is 15.7 Å². The van der Waals surface area contributed by atoms with Crippen LogP contribution >= 0.6 is 0 Å². The minimum absolute atomic E-state index is 0.305. The van der Waals surface area contributed by atoms with Crippen molar-refractivity contribution in [3.63, 3.8) is 0 Å². The Morgan fingerprint density at radius 3 is 2.57 bits per heavy atom. The molecule has 23 heavy (non-hydrogen) atoms. The molecule has 1 heterocycles. The molecule has 112 valence electrons. The molecule has 2 aromatic carbocycles. The van der Waals surface area contributed by atoms with E-state index in [-0.39, 0.29) is 5.91 Å². The molecule has 1 amide bonds. The summed E-state index contributed by atoms with van der Waals surface area (Å²) in [5.74, 6) is -0.342. The van der Waals surface area contributed by atoms with Crippen molar-refractivity contribution < 1.29 is 4.79 Å². The topological polar surface area (TPSA) is 70.7 Å². The maximum atomic E-state index is 12.4. The number of anilines is 1. The van der Waals surface area contributed by atoms with Crippen LogP contribution in [0.3, 0.4) is 0 Å². The number of amides is 1. The highest BCUT2D eigenvalue weighted by Crippen LogP contribution is 2.20. The van der Waals surface area contributed by atoms with Gasteiger partial charge in [-0.25, -0.2) is 0 Å². The van der Waals surface area contributed by atoms with E-state index < -0.39 is 0 Å². The zero-order valence-corrected chi connectivity index (χ0v) is 12.5. The average molecular weight is 302 g/mol. The van der Waals surface area contributed by atoms with Crippen LogP contribution in [0.5, 0.6) is 0 Å². The third-order valence-corrected chi connectivity index (χ3v) is 3.48. The van der Waals surface area contributed by atoms with E-state index in [1.807, 2.05) is 30.3 Å². The third-order valence-electron chi connectivity index (χ3n) is 3.48. The van der Waals surface area contributed by atoms with Gasteiger partial charge >= 0.3 is 0 Å². The summed E-state index contributed by atoms with van der Waals surface area (Å²) in [5.41, 5.74) is 3.04. The molecular formula is C18H14N4O. The molecule has 3 rings (SSSR count). The van der Waals surface area contributed by atoms with E-state index in [1.54, 1.807) is 42.1 Å². The van der Waals surface area contributed by atoms with E-state index in [0.717, 1.165) is 11.3 Å². The van der Waals surface area contributed by atoms with Gasteiger partial charge in [0.05, 0.1) is 16.9 Å². The monoisotopic (exact) mass is 302 g/mol. The maximum Gasteiger partial charge on any atom is 0.276 e. The molecule has 0 aliphatic carbocycles. The Labute approximate surface area is 133 Å². The molecule has 0 saturated heterocycles. The predicted octanol–water partition coefficient (Wildman–Crippen LogP) is 3.21. The van der Waals surface area contributed by atoms with E-state index >= 15 is 0 Å². The van der Waals surface area contributed by atoms with Gasteiger partial charge in [0.1, 0.15) is 6.07 Å². The van der Waals surface area contributed by atoms with Gasteiger partial charge in [-0.05, 0) is 23.8 Å². The lowest BCUT2D eigenvalue weighted by molar-refractivity contribution is 0.102. The Hall–Kier alpha value is -3.39. The summed E-state index contributed by atoms with van der Waals surface area (Å²) < 4.78 is 1.67. The molecule has 0 aliphatic rings. The van der Waals surface area contributed by atoms with Crippen LogP contribution in [0.1, 0.15) is 16.1 Å². The standard InChI is InChI=1S/C18H14N4O/c1-22-17(13-7-3-2-4-8-13)11-16(21-22)18(23)20-15-10-6-5-9-14(15)12-19/h2-11H,1H3,(H,20,23). The number of benzene rings is 2. The lowest BCUT2D eigenvalue weighted by atomic mass is 10.1. The van der Waals surface area contributed by atoms with Crippen molar-refractivity contribution in [2.75, 3.05) is 5.32 Å². The Balaban J connectivity index is 1.88. The van der Waals surface area contributed by atoms with Gasteiger partial charge < -0.3 is 5.32 Å². The highest BCUT2D eigenvalue weighted by molar-refractivity contribution is 6.04. The van der Waals surface area contributed by atoms with Gasteiger partial charge in [-0.15, -0.1) is 0 Å². The summed E-state index contributed by atoms with van der Waals surface area (Å²) in [4.78, 5) is 12.4. The maximum absolute atomic E-state index is 12.4. The van der Waals surface area contributed by atoms with Crippen molar-refractivity contribution in [2.45, 2.75) is 0 Å². The van der Waals surface area contributed by atoms with E-state index in [0.29, 0.717) is 16.9 Å². The highest BCUT2D eigenvalue weighted by Gasteiger charge is 2.15. The van der Waals surface area contributed by atoms with Crippen LogP contribution in [-0.2, 0) is 7.05 Å². The Morgan fingerprint density at radius 1 is 1.13 bits per heavy atom. The second kappa shape index (κ2) is 6.16. The van der Waals surface area contributed by atoms with E-state index in [9.17, 15) is 4.79 Å². The molecular weight excluding hydrogens is 288 g/mol. The highest BCUT2D eigenvalue weighted by atomic mass is 16.1. The average Bonchev–Trinajstić information content (AvgIpc) is 2.98. The zero-order chi connectivity index (χ0) is 16.2. The van der Waals surface area contributed by atoms with E-state index in [4.69, 9.17) is 5.26 Å². The second-order valence-corrected chi connectivity index (χ2v) is 5.02. The Morgan fingerprint density at radius 2 is 1.83 bits per heavy atom. The van der Waals surface area contributed by atoms with Gasteiger partial charge in [0, 0.05) is 7.05 Å². The second-order valence-electron chi connectivity index (χ2n) is 5.02. The van der Waals surface area contributed by atoms with E-state index in [1.165, 1.54) is 0 Å². The summed E-state index contributed by atoms with van der Waals surface area (Å²) in [6, 6.07) is 20.4. The summed E-state index contributed by atoms with van der Waals surface area (Å²) in [6.45, 7) is 0. The normalized spacial score (nSPS) is 10.1. The van der Waals surface area contributed by atoms with Gasteiger partial charge in [-0.1, -0.05) is 42.5 Å². The number of nitrogens with one attached hydrogen (secondary N) is 1. The summed E-state index contributed by atoms with van der Waals surface area (Å²) in [6.07, 6.45) is 0. The van der Waals surface area contributed by atoms with Crippen molar-refractivity contribution in [2.24, 2.45) is 7.05 Å². The molecule has 0 radical (unpaired) electrons. The first-order chi connectivity index (χ1) is 11.2. The molecule has 0 bridgehead atoms. The van der Waals surface area contributed by atoms with Crippen molar-refractivity contribution in [1.82, 2.24) is 9.78 Å². The molecule has 0 fully saturated rings. The lowest BCUT2D eigenvalue weighted by Crippen LogP contribution is -2.13. The number of nitrogens with zero attached hydrogens (tertiary/aromatic N) is 3. The quantitative estimate of drug-likeness (QED) is 0.807. The molecule has 5 heteroatoms. The molecule has 0 saturated carbocycles. The number of para-hydroxylation sites is 1. The number of nitriles is 1. The predicted molar refractivity (Wildman–Crippen MR) is 87.8 cm³/mol. The number of rotatable bonds is 3. The van der Waals surface area contributed by atoms with Gasteiger partial charge in [0.2, 0.25) is 0 Å². The van der Waals surface area contributed by atoms with Crippen molar-refractivity contribution in [3.05, 3.63) is 71.9 Å². The number of aryl methyl sites for hydroxylation is 1. The molecule has 0 aliphatic heterocycles. The third kappa shape index (κ3) is 2.97. The largest absolute Gasteiger partial charge is 0.319 e. The fraction of sp³-hybridized carbons (Fsp3) is 0.0556. The number of hydrogen-bond acceptors (Lipinski definition) is 3. The summed E-state index contributed by atoms with van der Waals surface area (Å²) >= 11 is 0. The van der Waals surface area contributed by atoms with Crippen LogP contribution in [0.15, 0.2) is 60.7 Å². The first-order valence-corrected chi connectivity index (χ1v) is 7.09. The summed E-state index contributed by atoms with van der Waals surface area (Å²) in [7, 11) is 1.79. The molecule has 3 aromatic rings. The molecule has 0 unspecified atom stereocenters. The molecule has 1 N–H and O–H groups in total. The first-order valence-electron chi connectivity index (χ1n) is 7.09. The van der Waals surface area contributed by atoms with E-state index in [2.05, 4.69) is 16.5 Å². The Kier molecular flexibility index (Phi) is 3.89. The van der Waals surface area contributed by atoms with Gasteiger partial charge in [-0.3, -0.25) is 9.48 Å². The van der Waals surface area contributed by atoms with Crippen molar-refractivity contribution in [3.8, 4) is 17.3 Å². The van der Waals surface area contributed by atoms with Gasteiger partial charge in [-0.2, -0.15) is 10.4 Å². The molecule has 0 atom stereocenters. The first kappa shape index (κ1) is 14.5. The van der Waals surface area contributed by atoms with Crippen LogP contribution < -0.4 is 5.32 Å². The lowest BCUT2D eigenvalue weighted by Gasteiger charge is -2.04. The van der Waals surface area contributed by atoms with Crippen LogP contribution in [0.2, 0.25) is 0 Å². The molecule has 5 nitrogen and oxygen atoms in total. The fourth-order valence-corrected chi connectivity index (χ4v) is 2.33. The zero-order valence-electron chi connectivity index (χ0n) is 12.5. The Bertz CT molecular complexity index is 891. The molecule has 1 aromatic heterocycles.